The summed E-state index contributed by atoms with van der Waals surface area (Å²) in [6.45, 7) is 0. The minimum Gasteiger partial charge on any atom is -0.508 e. The molecule has 4 heteroatoms. The number of phenolic OH excluding ortho intramolecular Hbond substituents is 2. The van der Waals surface area contributed by atoms with Crippen LogP contribution in [0.3, 0.4) is 0 Å². The van der Waals surface area contributed by atoms with E-state index in [0.29, 0.717) is 18.6 Å². The van der Waals surface area contributed by atoms with Gasteiger partial charge in [-0.1, -0.05) is 18.2 Å². The monoisotopic (exact) mass is 322 g/mol. The van der Waals surface area contributed by atoms with Gasteiger partial charge < -0.3 is 20.1 Å². The Morgan fingerprint density at radius 2 is 1.79 bits per heavy atom. The number of methoxy groups -OCH3 is 1. The van der Waals surface area contributed by atoms with Crippen LogP contribution in [-0.2, 0) is 6.42 Å². The van der Waals surface area contributed by atoms with Crippen LogP contribution in [0, 0.1) is 0 Å². The molecule has 0 aromatic heterocycles. The summed E-state index contributed by atoms with van der Waals surface area (Å²) in [6.07, 6.45) is 0.567. The van der Waals surface area contributed by atoms with Crippen LogP contribution in [0.15, 0.2) is 42.5 Å². The lowest BCUT2D eigenvalue weighted by Gasteiger charge is -2.27. The lowest BCUT2D eigenvalue weighted by molar-refractivity contribution is 0.166. The van der Waals surface area contributed by atoms with Gasteiger partial charge in [-0.3, -0.25) is 0 Å². The summed E-state index contributed by atoms with van der Waals surface area (Å²) in [5.74, 6) is 1.12. The van der Waals surface area contributed by atoms with Crippen LogP contribution >= 0.6 is 0 Å². The van der Waals surface area contributed by atoms with Crippen molar-refractivity contribution in [1.82, 2.24) is 0 Å². The molecule has 3 aromatic rings. The fourth-order valence-corrected chi connectivity index (χ4v) is 3.66. The standard InChI is InChI=1S/C20H18O4/c1-24-17-10-12-4-8-15(22)14-7-9-16(23)20(18(12)14)19(17)11-2-5-13(21)6-3-11/h2-6,8,10,16,21-23H,7,9H2,1H3/t16-/m1/s1. The maximum atomic E-state index is 10.7. The average molecular weight is 322 g/mol. The van der Waals surface area contributed by atoms with Crippen LogP contribution in [0.4, 0.5) is 0 Å². The van der Waals surface area contributed by atoms with Crippen molar-refractivity contribution in [2.45, 2.75) is 18.9 Å². The van der Waals surface area contributed by atoms with E-state index < -0.39 is 6.10 Å². The van der Waals surface area contributed by atoms with E-state index in [2.05, 4.69) is 0 Å². The molecular formula is C20H18O4. The molecule has 0 aliphatic heterocycles. The highest BCUT2D eigenvalue weighted by atomic mass is 16.5. The first-order valence-electron chi connectivity index (χ1n) is 7.93. The van der Waals surface area contributed by atoms with E-state index in [1.54, 1.807) is 37.4 Å². The van der Waals surface area contributed by atoms with Crippen molar-refractivity contribution in [2.24, 2.45) is 0 Å². The molecule has 0 saturated carbocycles. The summed E-state index contributed by atoms with van der Waals surface area (Å²) < 4.78 is 5.59. The van der Waals surface area contributed by atoms with E-state index in [0.717, 1.165) is 33.0 Å². The largest absolute Gasteiger partial charge is 0.508 e. The van der Waals surface area contributed by atoms with E-state index in [4.69, 9.17) is 4.74 Å². The minimum absolute atomic E-state index is 0.186. The second-order valence-electron chi connectivity index (χ2n) is 6.13. The topological polar surface area (TPSA) is 69.9 Å². The fourth-order valence-electron chi connectivity index (χ4n) is 3.66. The number of rotatable bonds is 2. The number of aliphatic hydroxyl groups is 1. The van der Waals surface area contributed by atoms with E-state index in [1.807, 2.05) is 12.1 Å². The number of aromatic hydroxyl groups is 2. The smallest absolute Gasteiger partial charge is 0.127 e. The Morgan fingerprint density at radius 1 is 1.04 bits per heavy atom. The Hall–Kier alpha value is -2.72. The van der Waals surface area contributed by atoms with E-state index >= 15 is 0 Å². The Balaban J connectivity index is 2.14. The highest BCUT2D eigenvalue weighted by Gasteiger charge is 2.28. The molecule has 122 valence electrons. The van der Waals surface area contributed by atoms with Gasteiger partial charge in [0.05, 0.1) is 13.2 Å². The quantitative estimate of drug-likeness (QED) is 0.669. The predicted molar refractivity (Wildman–Crippen MR) is 92.5 cm³/mol. The Labute approximate surface area is 139 Å². The highest BCUT2D eigenvalue weighted by molar-refractivity contribution is 5.99. The minimum atomic E-state index is -0.624. The van der Waals surface area contributed by atoms with E-state index in [-0.39, 0.29) is 11.5 Å². The first-order valence-corrected chi connectivity index (χ1v) is 7.93. The second-order valence-corrected chi connectivity index (χ2v) is 6.13. The van der Waals surface area contributed by atoms with Gasteiger partial charge in [0, 0.05) is 16.7 Å². The lowest BCUT2D eigenvalue weighted by Crippen LogP contribution is -2.11. The summed E-state index contributed by atoms with van der Waals surface area (Å²) in [6, 6.07) is 12.3. The van der Waals surface area contributed by atoms with Gasteiger partial charge in [-0.2, -0.15) is 0 Å². The molecule has 0 amide bonds. The van der Waals surface area contributed by atoms with Gasteiger partial charge in [-0.05, 0) is 53.4 Å². The first-order chi connectivity index (χ1) is 11.6. The zero-order valence-corrected chi connectivity index (χ0v) is 13.3. The summed E-state index contributed by atoms with van der Waals surface area (Å²) in [5, 5.41) is 32.3. The number of aliphatic hydroxyl groups excluding tert-OH is 1. The number of benzene rings is 3. The molecule has 4 nitrogen and oxygen atoms in total. The molecule has 24 heavy (non-hydrogen) atoms. The summed E-state index contributed by atoms with van der Waals surface area (Å²) in [7, 11) is 1.61. The van der Waals surface area contributed by atoms with Gasteiger partial charge in [0.25, 0.3) is 0 Å². The Kier molecular flexibility index (Phi) is 3.36. The van der Waals surface area contributed by atoms with Gasteiger partial charge in [-0.25, -0.2) is 0 Å². The van der Waals surface area contributed by atoms with Crippen molar-refractivity contribution in [3.8, 4) is 28.4 Å². The van der Waals surface area contributed by atoms with Gasteiger partial charge in [0.15, 0.2) is 0 Å². The van der Waals surface area contributed by atoms with E-state index in [9.17, 15) is 15.3 Å². The molecule has 3 N–H and O–H groups in total. The molecule has 3 aromatic carbocycles. The second kappa shape index (κ2) is 5.42. The number of hydrogen-bond donors (Lipinski definition) is 3. The van der Waals surface area contributed by atoms with Crippen LogP contribution < -0.4 is 4.74 Å². The average Bonchev–Trinajstić information content (AvgIpc) is 2.60. The molecule has 1 aliphatic rings. The molecule has 0 fully saturated rings. The van der Waals surface area contributed by atoms with Crippen molar-refractivity contribution in [3.63, 3.8) is 0 Å². The first kappa shape index (κ1) is 14.8. The maximum Gasteiger partial charge on any atom is 0.127 e. The third kappa shape index (κ3) is 2.11. The number of ether oxygens (including phenoxy) is 1. The lowest BCUT2D eigenvalue weighted by atomic mass is 9.81. The maximum absolute atomic E-state index is 10.7. The highest BCUT2D eigenvalue weighted by Crippen LogP contribution is 2.48. The number of aryl methyl sites for hydroxylation is 1. The Bertz CT molecular complexity index is 929. The van der Waals surface area contributed by atoms with Crippen LogP contribution in [0.1, 0.15) is 23.7 Å². The molecular weight excluding hydrogens is 304 g/mol. The molecule has 0 spiro atoms. The summed E-state index contributed by atoms with van der Waals surface area (Å²) in [4.78, 5) is 0. The zero-order chi connectivity index (χ0) is 16.8. The summed E-state index contributed by atoms with van der Waals surface area (Å²) >= 11 is 0. The number of hydrogen-bond acceptors (Lipinski definition) is 4. The molecule has 0 heterocycles. The van der Waals surface area contributed by atoms with Gasteiger partial charge in [0.2, 0.25) is 0 Å². The summed E-state index contributed by atoms with van der Waals surface area (Å²) in [5.41, 5.74) is 3.32. The SMILES string of the molecule is COc1cc2ccc(O)c3c2c(c1-c1ccc(O)cc1)[C@H](O)CC3. The van der Waals surface area contributed by atoms with Crippen molar-refractivity contribution in [1.29, 1.82) is 0 Å². The molecule has 0 unspecified atom stereocenters. The zero-order valence-electron chi connectivity index (χ0n) is 13.3. The van der Waals surface area contributed by atoms with Crippen LogP contribution in [0.25, 0.3) is 21.9 Å². The van der Waals surface area contributed by atoms with Crippen molar-refractivity contribution < 1.29 is 20.1 Å². The fraction of sp³-hybridized carbons (Fsp3) is 0.200. The third-order valence-corrected chi connectivity index (χ3v) is 4.77. The van der Waals surface area contributed by atoms with E-state index in [1.165, 1.54) is 0 Å². The van der Waals surface area contributed by atoms with Gasteiger partial charge in [-0.15, -0.1) is 0 Å². The Morgan fingerprint density at radius 3 is 2.50 bits per heavy atom. The van der Waals surface area contributed by atoms with Crippen molar-refractivity contribution in [2.75, 3.05) is 7.11 Å². The van der Waals surface area contributed by atoms with Gasteiger partial charge in [0.1, 0.15) is 17.2 Å². The van der Waals surface area contributed by atoms with Crippen molar-refractivity contribution >= 4 is 10.8 Å². The molecule has 0 radical (unpaired) electrons. The van der Waals surface area contributed by atoms with Crippen LogP contribution in [0.5, 0.6) is 17.2 Å². The van der Waals surface area contributed by atoms with Crippen LogP contribution in [-0.4, -0.2) is 22.4 Å². The third-order valence-electron chi connectivity index (χ3n) is 4.77. The molecule has 0 saturated heterocycles. The van der Waals surface area contributed by atoms with Gasteiger partial charge >= 0.3 is 0 Å². The van der Waals surface area contributed by atoms with Crippen molar-refractivity contribution in [3.05, 3.63) is 53.6 Å². The molecule has 1 atom stereocenters. The van der Waals surface area contributed by atoms with Crippen LogP contribution in [0.2, 0.25) is 0 Å². The normalized spacial score (nSPS) is 16.3. The predicted octanol–water partition coefficient (Wildman–Crippen LogP) is 3.91. The molecule has 1 aliphatic carbocycles. The molecule has 4 rings (SSSR count). The molecule has 0 bridgehead atoms. The number of phenols is 2.